The van der Waals surface area contributed by atoms with E-state index in [9.17, 15) is 0 Å². The third-order valence-corrected chi connectivity index (χ3v) is 7.79. The maximum absolute atomic E-state index is 5.13. The zero-order chi connectivity index (χ0) is 18.2. The number of hydrogen-bond acceptors (Lipinski definition) is 5. The van der Waals surface area contributed by atoms with Crippen molar-refractivity contribution in [2.75, 3.05) is 29.5 Å². The van der Waals surface area contributed by atoms with Gasteiger partial charge in [-0.3, -0.25) is 0 Å². The molecule has 0 bridgehead atoms. The van der Waals surface area contributed by atoms with Crippen LogP contribution >= 0.6 is 23.1 Å². The third-order valence-electron chi connectivity index (χ3n) is 5.70. The summed E-state index contributed by atoms with van der Waals surface area (Å²) in [5.74, 6) is 5.36. The summed E-state index contributed by atoms with van der Waals surface area (Å²) in [6, 6.07) is 10.6. The van der Waals surface area contributed by atoms with E-state index in [0.717, 1.165) is 31.3 Å². The Hall–Kier alpha value is -1.59. The first-order valence-electron chi connectivity index (χ1n) is 9.95. The summed E-state index contributed by atoms with van der Waals surface area (Å²) < 4.78 is 0. The quantitative estimate of drug-likeness (QED) is 0.627. The number of aromatic nitrogens is 2. The molecule has 2 aromatic heterocycles. The molecular formula is C22H25N3S2. The Morgan fingerprint density at radius 3 is 2.74 bits per heavy atom. The predicted molar refractivity (Wildman–Crippen MR) is 117 cm³/mol. The molecule has 2 aliphatic rings. The van der Waals surface area contributed by atoms with Crippen LogP contribution in [-0.2, 0) is 19.3 Å². The molecule has 0 radical (unpaired) electrons. The molecular weight excluding hydrogens is 370 g/mol. The first-order valence-corrected chi connectivity index (χ1v) is 11.9. The normalized spacial score (nSPS) is 20.0. The van der Waals surface area contributed by atoms with Crippen molar-refractivity contribution in [2.45, 2.75) is 32.6 Å². The van der Waals surface area contributed by atoms with Gasteiger partial charge in [-0.15, -0.1) is 11.3 Å². The van der Waals surface area contributed by atoms with Crippen LogP contribution in [0.1, 0.15) is 35.2 Å². The van der Waals surface area contributed by atoms with E-state index in [2.05, 4.69) is 53.9 Å². The van der Waals surface area contributed by atoms with Crippen LogP contribution in [0.5, 0.6) is 0 Å². The van der Waals surface area contributed by atoms with Crippen molar-refractivity contribution in [2.24, 2.45) is 5.92 Å². The number of fused-ring (bicyclic) bond motifs is 3. The molecule has 3 heterocycles. The summed E-state index contributed by atoms with van der Waals surface area (Å²) >= 11 is 3.98. The van der Waals surface area contributed by atoms with Gasteiger partial charge in [-0.1, -0.05) is 37.3 Å². The third kappa shape index (κ3) is 3.47. The van der Waals surface area contributed by atoms with Gasteiger partial charge >= 0.3 is 0 Å². The lowest BCUT2D eigenvalue weighted by Crippen LogP contribution is -2.33. The molecule has 3 aromatic rings. The molecule has 0 N–H and O–H groups in total. The average molecular weight is 396 g/mol. The first-order chi connectivity index (χ1) is 13.3. The number of hydrogen-bond donors (Lipinski definition) is 0. The second-order valence-electron chi connectivity index (χ2n) is 7.76. The highest BCUT2D eigenvalue weighted by molar-refractivity contribution is 7.99. The Morgan fingerprint density at radius 1 is 1.11 bits per heavy atom. The van der Waals surface area contributed by atoms with Crippen molar-refractivity contribution >= 4 is 39.1 Å². The van der Waals surface area contributed by atoms with Crippen molar-refractivity contribution in [3.8, 4) is 0 Å². The van der Waals surface area contributed by atoms with Gasteiger partial charge in [-0.2, -0.15) is 11.8 Å². The molecule has 3 nitrogen and oxygen atoms in total. The summed E-state index contributed by atoms with van der Waals surface area (Å²) in [7, 11) is 0. The molecule has 140 valence electrons. The number of thioether (sulfide) groups is 1. The van der Waals surface area contributed by atoms with E-state index in [1.54, 1.807) is 10.4 Å². The van der Waals surface area contributed by atoms with Crippen molar-refractivity contribution in [1.29, 1.82) is 0 Å². The molecule has 1 saturated heterocycles. The summed E-state index contributed by atoms with van der Waals surface area (Å²) in [5, 5.41) is 1.37. The largest absolute Gasteiger partial charge is 0.354 e. The topological polar surface area (TPSA) is 29.0 Å². The van der Waals surface area contributed by atoms with E-state index in [1.165, 1.54) is 52.4 Å². The van der Waals surface area contributed by atoms with Crippen LogP contribution < -0.4 is 4.90 Å². The molecule has 1 aliphatic heterocycles. The minimum absolute atomic E-state index is 0.789. The standard InChI is InChI=1S/C22H25N3S2/c1-15-7-8-17-18(13-15)27-22-20(17)21(25-9-11-26-12-10-25)23-19(24-22)14-16-5-3-2-4-6-16/h2-6,15H,7-14H2,1H3. The second-order valence-corrected chi connectivity index (χ2v) is 10.1. The van der Waals surface area contributed by atoms with Crippen LogP contribution in [-0.4, -0.2) is 34.6 Å². The van der Waals surface area contributed by atoms with E-state index in [4.69, 9.17) is 9.97 Å². The highest BCUT2D eigenvalue weighted by atomic mass is 32.2. The van der Waals surface area contributed by atoms with E-state index < -0.39 is 0 Å². The fourth-order valence-corrected chi connectivity index (χ4v) is 6.53. The Bertz CT molecular complexity index is 945. The summed E-state index contributed by atoms with van der Waals surface area (Å²) in [6.45, 7) is 4.58. The van der Waals surface area contributed by atoms with Crippen LogP contribution in [0.25, 0.3) is 10.2 Å². The highest BCUT2D eigenvalue weighted by Crippen LogP contribution is 2.41. The molecule has 0 spiro atoms. The molecule has 1 atom stereocenters. The van der Waals surface area contributed by atoms with Gasteiger partial charge in [0.05, 0.1) is 5.39 Å². The maximum Gasteiger partial charge on any atom is 0.141 e. The Morgan fingerprint density at radius 2 is 1.93 bits per heavy atom. The molecule has 5 rings (SSSR count). The fraction of sp³-hybridized carbons (Fsp3) is 0.455. The van der Waals surface area contributed by atoms with Crippen molar-refractivity contribution in [1.82, 2.24) is 9.97 Å². The second kappa shape index (κ2) is 7.44. The van der Waals surface area contributed by atoms with E-state index in [0.29, 0.717) is 0 Å². The minimum atomic E-state index is 0.789. The van der Waals surface area contributed by atoms with E-state index in [1.807, 2.05) is 11.3 Å². The van der Waals surface area contributed by atoms with Gasteiger partial charge in [-0.05, 0) is 36.3 Å². The Kier molecular flexibility index (Phi) is 4.82. The number of aryl methyl sites for hydroxylation is 1. The predicted octanol–water partition coefficient (Wildman–Crippen LogP) is 4.96. The molecule has 0 amide bonds. The fourth-order valence-electron chi connectivity index (χ4n) is 4.23. The number of anilines is 1. The molecule has 1 aromatic carbocycles. The molecule has 1 aliphatic carbocycles. The zero-order valence-electron chi connectivity index (χ0n) is 15.8. The SMILES string of the molecule is CC1CCc2c(sc3nc(Cc4ccccc4)nc(N4CCSCC4)c23)C1. The summed E-state index contributed by atoms with van der Waals surface area (Å²) in [4.78, 5) is 15.4. The molecule has 1 fully saturated rings. The van der Waals surface area contributed by atoms with Gasteiger partial charge in [0.25, 0.3) is 0 Å². The van der Waals surface area contributed by atoms with Crippen LogP contribution in [0.4, 0.5) is 5.82 Å². The lowest BCUT2D eigenvalue weighted by molar-refractivity contribution is 0.509. The van der Waals surface area contributed by atoms with Crippen molar-refractivity contribution < 1.29 is 0 Å². The summed E-state index contributed by atoms with van der Waals surface area (Å²) in [6.07, 6.45) is 4.50. The number of thiophene rings is 1. The maximum atomic E-state index is 5.13. The van der Waals surface area contributed by atoms with Gasteiger partial charge in [0.15, 0.2) is 0 Å². The first kappa shape index (κ1) is 17.5. The Labute approximate surface area is 169 Å². The lowest BCUT2D eigenvalue weighted by atomic mass is 9.89. The van der Waals surface area contributed by atoms with Gasteiger partial charge in [0.2, 0.25) is 0 Å². The van der Waals surface area contributed by atoms with Crippen molar-refractivity contribution in [3.05, 3.63) is 52.2 Å². The minimum Gasteiger partial charge on any atom is -0.354 e. The lowest BCUT2D eigenvalue weighted by Gasteiger charge is -2.29. The van der Waals surface area contributed by atoms with Gasteiger partial charge in [0, 0.05) is 35.9 Å². The molecule has 1 unspecified atom stereocenters. The summed E-state index contributed by atoms with van der Waals surface area (Å²) in [5.41, 5.74) is 2.83. The average Bonchev–Trinajstić information content (AvgIpc) is 3.06. The van der Waals surface area contributed by atoms with E-state index in [-0.39, 0.29) is 0 Å². The zero-order valence-corrected chi connectivity index (χ0v) is 17.4. The Balaban J connectivity index is 1.62. The van der Waals surface area contributed by atoms with Gasteiger partial charge < -0.3 is 4.90 Å². The van der Waals surface area contributed by atoms with Crippen LogP contribution in [0.15, 0.2) is 30.3 Å². The van der Waals surface area contributed by atoms with Crippen LogP contribution in [0, 0.1) is 5.92 Å². The number of nitrogens with zero attached hydrogens (tertiary/aromatic N) is 3. The molecule has 0 saturated carbocycles. The van der Waals surface area contributed by atoms with Gasteiger partial charge in [0.1, 0.15) is 16.5 Å². The smallest absolute Gasteiger partial charge is 0.141 e. The molecule has 5 heteroatoms. The van der Waals surface area contributed by atoms with Crippen LogP contribution in [0.3, 0.4) is 0 Å². The highest BCUT2D eigenvalue weighted by Gasteiger charge is 2.26. The van der Waals surface area contributed by atoms with Crippen molar-refractivity contribution in [3.63, 3.8) is 0 Å². The molecule has 27 heavy (non-hydrogen) atoms. The van der Waals surface area contributed by atoms with E-state index >= 15 is 0 Å². The van der Waals surface area contributed by atoms with Crippen LogP contribution in [0.2, 0.25) is 0 Å². The number of rotatable bonds is 3. The number of benzene rings is 1. The van der Waals surface area contributed by atoms with Gasteiger partial charge in [-0.25, -0.2) is 9.97 Å². The monoisotopic (exact) mass is 395 g/mol.